The minimum absolute atomic E-state index is 0.127. The van der Waals surface area contributed by atoms with Gasteiger partial charge in [-0.3, -0.25) is 29.0 Å². The molecule has 6 unspecified atom stereocenters. The Morgan fingerprint density at radius 3 is 1.77 bits per heavy atom. The molecule has 1 saturated carbocycles. The highest BCUT2D eigenvalue weighted by Crippen LogP contribution is 2.56. The van der Waals surface area contributed by atoms with Crippen LogP contribution in [0.25, 0.3) is 6.08 Å². The molecule has 2 heterocycles. The maximum atomic E-state index is 14.2. The van der Waals surface area contributed by atoms with Crippen LogP contribution < -0.4 is 19.3 Å². The zero-order valence-electron chi connectivity index (χ0n) is 25.4. The fraction of sp³-hybridized carbons (Fsp3) is 0.278. The van der Waals surface area contributed by atoms with Crippen LogP contribution in [0, 0.1) is 42.6 Å². The lowest BCUT2D eigenvalue weighted by atomic mass is 9.58. The number of carbonyl (C=O) groups is 4. The van der Waals surface area contributed by atoms with Gasteiger partial charge in [-0.1, -0.05) is 23.8 Å². The molecule has 7 rings (SSSR count). The van der Waals surface area contributed by atoms with E-state index in [0.29, 0.717) is 29.8 Å². The van der Waals surface area contributed by atoms with Gasteiger partial charge in [-0.25, -0.2) is 0 Å². The summed E-state index contributed by atoms with van der Waals surface area (Å²) in [5, 5.41) is 10.4. The third-order valence-electron chi connectivity index (χ3n) is 9.87. The van der Waals surface area contributed by atoms with E-state index in [-0.39, 0.29) is 40.9 Å². The summed E-state index contributed by atoms with van der Waals surface area (Å²) in [6.45, 7) is 0. The lowest BCUT2D eigenvalue weighted by Crippen LogP contribution is -2.43. The Balaban J connectivity index is 1.31. The molecule has 3 fully saturated rings. The molecule has 1 N–H and O–H groups in total. The SMILES string of the molecule is COc1cc(C=CC2C3=CCC4C(=O)N(c5ccc(I)cc5)C(=O)C4C3CC3C(=O)N(c4ccc(I)cc4)C(=O)C23)cc(OC)c1O. The number of hydrogen-bond acceptors (Lipinski definition) is 7. The summed E-state index contributed by atoms with van der Waals surface area (Å²) in [6, 6.07) is 17.9. The molecule has 4 aliphatic rings. The van der Waals surface area contributed by atoms with Gasteiger partial charge in [0.25, 0.3) is 0 Å². The molecule has 4 amide bonds. The Morgan fingerprint density at radius 1 is 0.723 bits per heavy atom. The second-order valence-corrected chi connectivity index (χ2v) is 14.7. The number of ether oxygens (including phenoxy) is 2. The summed E-state index contributed by atoms with van der Waals surface area (Å²) in [5.41, 5.74) is 2.61. The highest BCUT2D eigenvalue weighted by Gasteiger charge is 2.61. The zero-order chi connectivity index (χ0) is 33.1. The second-order valence-electron chi connectivity index (χ2n) is 12.2. The number of methoxy groups -OCH3 is 2. The molecule has 0 radical (unpaired) electrons. The number of amides is 4. The van der Waals surface area contributed by atoms with Crippen molar-refractivity contribution in [2.45, 2.75) is 12.8 Å². The van der Waals surface area contributed by atoms with Crippen molar-refractivity contribution in [1.82, 2.24) is 0 Å². The average molecular weight is 856 g/mol. The van der Waals surface area contributed by atoms with Gasteiger partial charge in [0.2, 0.25) is 29.4 Å². The zero-order valence-corrected chi connectivity index (χ0v) is 29.7. The summed E-state index contributed by atoms with van der Waals surface area (Å²) < 4.78 is 12.7. The number of hydrogen-bond donors (Lipinski definition) is 1. The van der Waals surface area contributed by atoms with Gasteiger partial charge in [0.05, 0.1) is 49.3 Å². The Bertz CT molecular complexity index is 1850. The Labute approximate surface area is 298 Å². The van der Waals surface area contributed by atoms with Gasteiger partial charge in [0.15, 0.2) is 11.5 Å². The highest BCUT2D eigenvalue weighted by atomic mass is 127. The summed E-state index contributed by atoms with van der Waals surface area (Å²) in [5.74, 6) is -4.18. The molecule has 47 heavy (non-hydrogen) atoms. The third kappa shape index (κ3) is 5.25. The molecule has 0 aromatic heterocycles. The smallest absolute Gasteiger partial charge is 0.238 e. The molecular weight excluding hydrogens is 826 g/mol. The molecule has 2 aliphatic heterocycles. The molecule has 2 saturated heterocycles. The maximum Gasteiger partial charge on any atom is 0.238 e. The quantitative estimate of drug-likeness (QED) is 0.178. The van der Waals surface area contributed by atoms with E-state index in [4.69, 9.17) is 9.47 Å². The highest BCUT2D eigenvalue weighted by molar-refractivity contribution is 14.1. The van der Waals surface area contributed by atoms with Crippen LogP contribution in [0.3, 0.4) is 0 Å². The number of rotatable bonds is 6. The minimum Gasteiger partial charge on any atom is -0.502 e. The fourth-order valence-corrected chi connectivity index (χ4v) is 8.48. The van der Waals surface area contributed by atoms with Crippen LogP contribution in [0.4, 0.5) is 11.4 Å². The Kier molecular flexibility index (Phi) is 8.39. The molecule has 3 aromatic rings. The molecular formula is C36H30I2N2O7. The van der Waals surface area contributed by atoms with E-state index in [1.165, 1.54) is 24.0 Å². The van der Waals surface area contributed by atoms with E-state index in [1.54, 1.807) is 36.4 Å². The van der Waals surface area contributed by atoms with Crippen molar-refractivity contribution in [3.63, 3.8) is 0 Å². The predicted molar refractivity (Wildman–Crippen MR) is 192 cm³/mol. The van der Waals surface area contributed by atoms with Crippen molar-refractivity contribution in [1.29, 1.82) is 0 Å². The van der Waals surface area contributed by atoms with Crippen LogP contribution in [-0.4, -0.2) is 43.0 Å². The van der Waals surface area contributed by atoms with Crippen LogP contribution in [0.1, 0.15) is 18.4 Å². The maximum absolute atomic E-state index is 14.2. The van der Waals surface area contributed by atoms with Crippen molar-refractivity contribution in [3.05, 3.63) is 91.1 Å². The first-order valence-electron chi connectivity index (χ1n) is 15.2. The number of fused-ring (bicyclic) bond motifs is 4. The third-order valence-corrected chi connectivity index (χ3v) is 11.3. The van der Waals surface area contributed by atoms with Crippen molar-refractivity contribution in [2.75, 3.05) is 24.0 Å². The normalized spacial score (nSPS) is 26.8. The number of benzene rings is 3. The number of anilines is 2. The Morgan fingerprint density at radius 2 is 1.23 bits per heavy atom. The van der Waals surface area contributed by atoms with Gasteiger partial charge < -0.3 is 14.6 Å². The number of phenolic OH excluding ortho intramolecular Hbond substituents is 1. The predicted octanol–water partition coefficient (Wildman–Crippen LogP) is 6.21. The molecule has 0 bridgehead atoms. The Hall–Kier alpha value is -3.72. The first kappa shape index (κ1) is 31.9. The van der Waals surface area contributed by atoms with Gasteiger partial charge in [0.1, 0.15) is 0 Å². The van der Waals surface area contributed by atoms with Gasteiger partial charge in [-0.2, -0.15) is 0 Å². The number of nitrogens with zero attached hydrogens (tertiary/aromatic N) is 2. The lowest BCUT2D eigenvalue weighted by molar-refractivity contribution is -0.126. The summed E-state index contributed by atoms with van der Waals surface area (Å²) in [4.78, 5) is 58.8. The van der Waals surface area contributed by atoms with Gasteiger partial charge in [0, 0.05) is 13.1 Å². The van der Waals surface area contributed by atoms with E-state index in [1.807, 2.05) is 42.5 Å². The largest absolute Gasteiger partial charge is 0.502 e. The van der Waals surface area contributed by atoms with Crippen LogP contribution in [0.5, 0.6) is 17.2 Å². The van der Waals surface area contributed by atoms with Crippen molar-refractivity contribution in [2.24, 2.45) is 35.5 Å². The average Bonchev–Trinajstić information content (AvgIpc) is 3.48. The van der Waals surface area contributed by atoms with Crippen LogP contribution >= 0.6 is 45.2 Å². The molecule has 3 aromatic carbocycles. The second kappa shape index (κ2) is 12.4. The molecule has 11 heteroatoms. The monoisotopic (exact) mass is 856 g/mol. The molecule has 9 nitrogen and oxygen atoms in total. The summed E-state index contributed by atoms with van der Waals surface area (Å²) >= 11 is 4.36. The van der Waals surface area contributed by atoms with Crippen molar-refractivity contribution < 1.29 is 33.8 Å². The number of phenols is 1. The minimum atomic E-state index is -0.683. The van der Waals surface area contributed by atoms with Gasteiger partial charge in [-0.05, 0) is 130 Å². The van der Waals surface area contributed by atoms with Gasteiger partial charge >= 0.3 is 0 Å². The standard InChI is InChI=1S/C36H30I2N2O7/c1-46-28-15-18(16-29(47-2)32(28)41)3-12-24-23-13-14-25-31(36(45)39(33(25)42)21-8-4-19(37)5-9-21)26(23)17-27-30(24)35(44)40(34(27)43)22-10-6-20(38)7-11-22/h3-13,15-16,24-27,30-31,41H,14,17H2,1-2H3. The van der Waals surface area contributed by atoms with E-state index >= 15 is 0 Å². The molecule has 6 atom stereocenters. The number of imide groups is 2. The van der Waals surface area contributed by atoms with Crippen LogP contribution in [-0.2, 0) is 19.2 Å². The van der Waals surface area contributed by atoms with E-state index in [0.717, 1.165) is 12.7 Å². The number of carbonyl (C=O) groups excluding carboxylic acids is 4. The van der Waals surface area contributed by atoms with Crippen molar-refractivity contribution in [3.8, 4) is 17.2 Å². The number of allylic oxidation sites excluding steroid dienone is 3. The van der Waals surface area contributed by atoms with E-state index < -0.39 is 35.5 Å². The first-order chi connectivity index (χ1) is 22.6. The summed E-state index contributed by atoms with van der Waals surface area (Å²) in [7, 11) is 2.89. The van der Waals surface area contributed by atoms with E-state index in [9.17, 15) is 24.3 Å². The molecule has 2 aliphatic carbocycles. The van der Waals surface area contributed by atoms with Crippen LogP contribution in [0.15, 0.2) is 78.4 Å². The van der Waals surface area contributed by atoms with Crippen LogP contribution in [0.2, 0.25) is 0 Å². The number of halogens is 2. The van der Waals surface area contributed by atoms with Crippen molar-refractivity contribution >= 4 is 86.3 Å². The van der Waals surface area contributed by atoms with Gasteiger partial charge in [-0.15, -0.1) is 0 Å². The first-order valence-corrected chi connectivity index (χ1v) is 17.4. The fourth-order valence-electron chi connectivity index (χ4n) is 7.76. The molecule has 240 valence electrons. The topological polar surface area (TPSA) is 113 Å². The molecule has 0 spiro atoms. The summed E-state index contributed by atoms with van der Waals surface area (Å²) in [6.07, 6.45) is 6.42. The lowest BCUT2D eigenvalue weighted by Gasteiger charge is -2.42. The van der Waals surface area contributed by atoms with E-state index in [2.05, 4.69) is 45.2 Å². The number of aromatic hydroxyl groups is 1.